The van der Waals surface area contributed by atoms with Gasteiger partial charge in [-0.1, -0.05) is 6.92 Å². The highest BCUT2D eigenvalue weighted by atomic mass is 16.5. The maximum atomic E-state index is 11.5. The van der Waals surface area contributed by atoms with E-state index in [1.54, 1.807) is 14.2 Å². The molecule has 0 atom stereocenters. The van der Waals surface area contributed by atoms with Crippen LogP contribution >= 0.6 is 0 Å². The quantitative estimate of drug-likeness (QED) is 0.564. The first-order valence-electron chi connectivity index (χ1n) is 5.69. The van der Waals surface area contributed by atoms with E-state index < -0.39 is 0 Å². The second kappa shape index (κ2) is 10.0. The number of carbonyl (C=O) groups is 2. The van der Waals surface area contributed by atoms with Gasteiger partial charge in [0.1, 0.15) is 6.61 Å². The van der Waals surface area contributed by atoms with E-state index in [-0.39, 0.29) is 25.0 Å². The molecular weight excluding hydrogens is 224 g/mol. The van der Waals surface area contributed by atoms with E-state index in [9.17, 15) is 9.59 Å². The van der Waals surface area contributed by atoms with Crippen molar-refractivity contribution in [1.29, 1.82) is 0 Å². The van der Waals surface area contributed by atoms with Crippen LogP contribution in [0, 0.1) is 0 Å². The van der Waals surface area contributed by atoms with Gasteiger partial charge in [-0.25, -0.2) is 0 Å². The molecule has 100 valence electrons. The van der Waals surface area contributed by atoms with Gasteiger partial charge in [-0.2, -0.15) is 0 Å². The van der Waals surface area contributed by atoms with Gasteiger partial charge in [0, 0.05) is 20.7 Å². The van der Waals surface area contributed by atoms with Gasteiger partial charge < -0.3 is 19.7 Å². The SMILES string of the molecule is CCCNC(=O)CN(C)C(=O)COCCOC. The average molecular weight is 246 g/mol. The van der Waals surface area contributed by atoms with Crippen molar-refractivity contribution in [3.05, 3.63) is 0 Å². The third kappa shape index (κ3) is 8.65. The fourth-order valence-electron chi connectivity index (χ4n) is 1.04. The van der Waals surface area contributed by atoms with Crippen molar-refractivity contribution in [2.75, 3.05) is 47.1 Å². The van der Waals surface area contributed by atoms with Crippen LogP contribution in [-0.4, -0.2) is 63.8 Å². The highest BCUT2D eigenvalue weighted by Gasteiger charge is 2.12. The molecule has 0 bridgehead atoms. The Bertz CT molecular complexity index is 234. The van der Waals surface area contributed by atoms with Crippen molar-refractivity contribution in [1.82, 2.24) is 10.2 Å². The molecule has 0 radical (unpaired) electrons. The lowest BCUT2D eigenvalue weighted by Crippen LogP contribution is -2.40. The van der Waals surface area contributed by atoms with Gasteiger partial charge in [-0.3, -0.25) is 9.59 Å². The number of amides is 2. The number of hydrogen-bond donors (Lipinski definition) is 1. The molecule has 2 amide bonds. The second-order valence-electron chi connectivity index (χ2n) is 3.65. The normalized spacial score (nSPS) is 10.1. The van der Waals surface area contributed by atoms with Crippen molar-refractivity contribution in [2.24, 2.45) is 0 Å². The van der Waals surface area contributed by atoms with Crippen molar-refractivity contribution >= 4 is 11.8 Å². The van der Waals surface area contributed by atoms with Crippen LogP contribution < -0.4 is 5.32 Å². The van der Waals surface area contributed by atoms with Gasteiger partial charge in [-0.05, 0) is 6.42 Å². The maximum absolute atomic E-state index is 11.5. The molecule has 6 heteroatoms. The van der Waals surface area contributed by atoms with Crippen LogP contribution in [0.25, 0.3) is 0 Å². The summed E-state index contributed by atoms with van der Waals surface area (Å²) in [6.45, 7) is 3.46. The molecule has 0 aromatic heterocycles. The lowest BCUT2D eigenvalue weighted by molar-refractivity contribution is -0.138. The summed E-state index contributed by atoms with van der Waals surface area (Å²) < 4.78 is 9.85. The maximum Gasteiger partial charge on any atom is 0.248 e. The Hall–Kier alpha value is -1.14. The molecule has 0 aromatic carbocycles. The lowest BCUT2D eigenvalue weighted by Gasteiger charge is -2.16. The summed E-state index contributed by atoms with van der Waals surface area (Å²) >= 11 is 0. The van der Waals surface area contributed by atoms with Gasteiger partial charge >= 0.3 is 0 Å². The third-order valence-electron chi connectivity index (χ3n) is 2.04. The molecule has 0 unspecified atom stereocenters. The molecule has 0 fully saturated rings. The number of nitrogens with zero attached hydrogens (tertiary/aromatic N) is 1. The predicted octanol–water partition coefficient (Wildman–Crippen LogP) is -0.366. The number of ether oxygens (including phenoxy) is 2. The molecule has 0 aromatic rings. The first-order valence-corrected chi connectivity index (χ1v) is 5.69. The van der Waals surface area contributed by atoms with Crippen LogP contribution in [0.1, 0.15) is 13.3 Å². The van der Waals surface area contributed by atoms with E-state index >= 15 is 0 Å². The highest BCUT2D eigenvalue weighted by molar-refractivity contribution is 5.85. The van der Waals surface area contributed by atoms with E-state index in [0.29, 0.717) is 19.8 Å². The van der Waals surface area contributed by atoms with Crippen molar-refractivity contribution in [3.63, 3.8) is 0 Å². The Morgan fingerprint density at radius 3 is 2.59 bits per heavy atom. The standard InChI is InChI=1S/C11H22N2O4/c1-4-5-12-10(14)8-13(2)11(15)9-17-7-6-16-3/h4-9H2,1-3H3,(H,12,14). The Labute approximate surface area is 102 Å². The van der Waals surface area contributed by atoms with Crippen molar-refractivity contribution in [3.8, 4) is 0 Å². The van der Waals surface area contributed by atoms with Crippen LogP contribution in [0.4, 0.5) is 0 Å². The monoisotopic (exact) mass is 246 g/mol. The number of carbonyl (C=O) groups excluding carboxylic acids is 2. The van der Waals surface area contributed by atoms with Gasteiger partial charge in [0.25, 0.3) is 0 Å². The van der Waals surface area contributed by atoms with E-state index in [2.05, 4.69) is 5.32 Å². The zero-order valence-electron chi connectivity index (χ0n) is 10.8. The van der Waals surface area contributed by atoms with Gasteiger partial charge in [0.05, 0.1) is 19.8 Å². The second-order valence-corrected chi connectivity index (χ2v) is 3.65. The molecule has 0 aliphatic rings. The molecule has 0 saturated carbocycles. The summed E-state index contributed by atoms with van der Waals surface area (Å²) in [6.07, 6.45) is 0.879. The molecule has 0 rings (SSSR count). The molecule has 0 saturated heterocycles. The highest BCUT2D eigenvalue weighted by Crippen LogP contribution is 1.87. The molecule has 1 N–H and O–H groups in total. The summed E-state index contributed by atoms with van der Waals surface area (Å²) in [5, 5.41) is 2.70. The number of likely N-dealkylation sites (N-methyl/N-ethyl adjacent to an activating group) is 1. The Morgan fingerprint density at radius 2 is 2.00 bits per heavy atom. The zero-order valence-corrected chi connectivity index (χ0v) is 10.8. The number of rotatable bonds is 9. The van der Waals surface area contributed by atoms with Gasteiger partial charge in [0.2, 0.25) is 11.8 Å². The number of methoxy groups -OCH3 is 1. The van der Waals surface area contributed by atoms with E-state index in [0.717, 1.165) is 6.42 Å². The molecule has 0 aliphatic heterocycles. The Kier molecular flexibility index (Phi) is 9.37. The first kappa shape index (κ1) is 15.9. The van der Waals surface area contributed by atoms with Crippen molar-refractivity contribution < 1.29 is 19.1 Å². The van der Waals surface area contributed by atoms with Crippen molar-refractivity contribution in [2.45, 2.75) is 13.3 Å². The van der Waals surface area contributed by atoms with Gasteiger partial charge in [0.15, 0.2) is 0 Å². The third-order valence-corrected chi connectivity index (χ3v) is 2.04. The summed E-state index contributed by atoms with van der Waals surface area (Å²) in [5.41, 5.74) is 0. The minimum Gasteiger partial charge on any atom is -0.382 e. The molecule has 0 heterocycles. The fourth-order valence-corrected chi connectivity index (χ4v) is 1.04. The van der Waals surface area contributed by atoms with E-state index in [4.69, 9.17) is 9.47 Å². The molecule has 0 aliphatic carbocycles. The van der Waals surface area contributed by atoms with Crippen LogP contribution in [0.15, 0.2) is 0 Å². The Balaban J connectivity index is 3.69. The minimum absolute atomic E-state index is 0.0269. The summed E-state index contributed by atoms with van der Waals surface area (Å²) in [4.78, 5) is 24.2. The number of nitrogens with one attached hydrogen (secondary N) is 1. The zero-order chi connectivity index (χ0) is 13.1. The predicted molar refractivity (Wildman–Crippen MR) is 63.6 cm³/mol. The van der Waals surface area contributed by atoms with Crippen LogP contribution in [0.2, 0.25) is 0 Å². The van der Waals surface area contributed by atoms with E-state index in [1.165, 1.54) is 4.90 Å². The molecule has 0 spiro atoms. The molecular formula is C11H22N2O4. The summed E-state index contributed by atoms with van der Waals surface area (Å²) in [7, 11) is 3.14. The first-order chi connectivity index (χ1) is 8.11. The fraction of sp³-hybridized carbons (Fsp3) is 0.818. The average Bonchev–Trinajstić information content (AvgIpc) is 2.31. The van der Waals surface area contributed by atoms with Crippen LogP contribution in [0.5, 0.6) is 0 Å². The lowest BCUT2D eigenvalue weighted by atomic mass is 10.4. The number of hydrogen-bond acceptors (Lipinski definition) is 4. The van der Waals surface area contributed by atoms with Crippen LogP contribution in [-0.2, 0) is 19.1 Å². The smallest absolute Gasteiger partial charge is 0.248 e. The topological polar surface area (TPSA) is 67.9 Å². The molecule has 6 nitrogen and oxygen atoms in total. The Morgan fingerprint density at radius 1 is 1.29 bits per heavy atom. The largest absolute Gasteiger partial charge is 0.382 e. The minimum atomic E-state index is -0.215. The van der Waals surface area contributed by atoms with Gasteiger partial charge in [-0.15, -0.1) is 0 Å². The summed E-state index contributed by atoms with van der Waals surface area (Å²) in [5.74, 6) is -0.368. The summed E-state index contributed by atoms with van der Waals surface area (Å²) in [6, 6.07) is 0. The van der Waals surface area contributed by atoms with E-state index in [1.807, 2.05) is 6.92 Å². The van der Waals surface area contributed by atoms with Crippen LogP contribution in [0.3, 0.4) is 0 Å². The molecule has 17 heavy (non-hydrogen) atoms.